The van der Waals surface area contributed by atoms with E-state index in [0.29, 0.717) is 6.54 Å². The van der Waals surface area contributed by atoms with Crippen molar-refractivity contribution in [3.05, 3.63) is 41.7 Å². The van der Waals surface area contributed by atoms with Gasteiger partial charge in [0.15, 0.2) is 0 Å². The van der Waals surface area contributed by atoms with Gasteiger partial charge in [-0.1, -0.05) is 0 Å². The number of pyridine rings is 1. The lowest BCUT2D eigenvalue weighted by atomic mass is 10.1. The second-order valence-electron chi connectivity index (χ2n) is 3.32. The van der Waals surface area contributed by atoms with Crippen LogP contribution in [0, 0.1) is 6.92 Å². The van der Waals surface area contributed by atoms with Gasteiger partial charge in [0.1, 0.15) is 6.33 Å². The lowest BCUT2D eigenvalue weighted by Gasteiger charge is -2.05. The number of nitrogens with one attached hydrogen (secondary N) is 2. The van der Waals surface area contributed by atoms with Gasteiger partial charge < -0.3 is 5.32 Å². The molecule has 0 spiro atoms. The number of nitrogens with zero attached hydrogens (tertiary/aromatic N) is 3. The van der Waals surface area contributed by atoms with Crippen molar-refractivity contribution in [1.82, 2.24) is 25.5 Å². The molecular formula is C10H11N5O. The van der Waals surface area contributed by atoms with Gasteiger partial charge in [0, 0.05) is 18.9 Å². The molecule has 2 rings (SSSR count). The molecule has 0 aliphatic rings. The second-order valence-corrected chi connectivity index (χ2v) is 3.32. The van der Waals surface area contributed by atoms with Gasteiger partial charge in [-0.15, -0.1) is 0 Å². The number of rotatable bonds is 3. The van der Waals surface area contributed by atoms with E-state index in [1.165, 1.54) is 6.33 Å². The third kappa shape index (κ3) is 2.22. The molecule has 6 nitrogen and oxygen atoms in total. The average Bonchev–Trinajstić information content (AvgIpc) is 2.81. The minimum Gasteiger partial charge on any atom is -0.345 e. The van der Waals surface area contributed by atoms with E-state index in [-0.39, 0.29) is 11.7 Å². The summed E-state index contributed by atoms with van der Waals surface area (Å²) in [5.74, 6) is -0.0673. The van der Waals surface area contributed by atoms with Gasteiger partial charge in [-0.2, -0.15) is 5.10 Å². The first-order valence-electron chi connectivity index (χ1n) is 4.80. The Balaban J connectivity index is 1.98. The number of hydrogen-bond acceptors (Lipinski definition) is 4. The first-order chi connectivity index (χ1) is 7.77. The minimum atomic E-state index is -0.277. The van der Waals surface area contributed by atoms with Crippen LogP contribution in [-0.4, -0.2) is 26.1 Å². The van der Waals surface area contributed by atoms with Crippen molar-refractivity contribution in [2.75, 3.05) is 0 Å². The molecule has 0 aliphatic heterocycles. The van der Waals surface area contributed by atoms with Crippen LogP contribution < -0.4 is 5.32 Å². The largest absolute Gasteiger partial charge is 0.345 e. The molecule has 2 N–H and O–H groups in total. The van der Waals surface area contributed by atoms with Gasteiger partial charge >= 0.3 is 0 Å². The van der Waals surface area contributed by atoms with Gasteiger partial charge in [-0.25, -0.2) is 4.98 Å². The monoisotopic (exact) mass is 217 g/mol. The number of H-pyrrole nitrogens is 1. The summed E-state index contributed by atoms with van der Waals surface area (Å²) in [5, 5.41) is 8.84. The Labute approximate surface area is 92.1 Å². The zero-order chi connectivity index (χ0) is 11.4. The minimum absolute atomic E-state index is 0.210. The third-order valence-electron chi connectivity index (χ3n) is 2.22. The first kappa shape index (κ1) is 10.3. The van der Waals surface area contributed by atoms with E-state index in [9.17, 15) is 4.79 Å². The fourth-order valence-electron chi connectivity index (χ4n) is 1.26. The van der Waals surface area contributed by atoms with Crippen LogP contribution in [-0.2, 0) is 6.54 Å². The predicted octanol–water partition coefficient (Wildman–Crippen LogP) is 0.438. The Bertz CT molecular complexity index is 480. The summed E-state index contributed by atoms with van der Waals surface area (Å²) in [6.07, 6.45) is 4.75. The Hall–Kier alpha value is -2.24. The molecular weight excluding hydrogens is 206 g/mol. The van der Waals surface area contributed by atoms with Crippen molar-refractivity contribution >= 4 is 5.91 Å². The molecule has 0 fully saturated rings. The molecule has 2 aromatic rings. The van der Waals surface area contributed by atoms with Crippen molar-refractivity contribution in [1.29, 1.82) is 0 Å². The lowest BCUT2D eigenvalue weighted by molar-refractivity contribution is 0.0941. The van der Waals surface area contributed by atoms with Gasteiger partial charge in [0.2, 0.25) is 5.82 Å². The molecule has 2 heterocycles. The quantitative estimate of drug-likeness (QED) is 0.781. The fraction of sp³-hybridized carbons (Fsp3) is 0.200. The molecule has 0 bridgehead atoms. The highest BCUT2D eigenvalue weighted by atomic mass is 16.2. The summed E-state index contributed by atoms with van der Waals surface area (Å²) >= 11 is 0. The van der Waals surface area contributed by atoms with Gasteiger partial charge in [-0.05, 0) is 24.1 Å². The Morgan fingerprint density at radius 1 is 1.56 bits per heavy atom. The van der Waals surface area contributed by atoms with Crippen LogP contribution in [0.2, 0.25) is 0 Å². The van der Waals surface area contributed by atoms with E-state index < -0.39 is 0 Å². The smallest absolute Gasteiger partial charge is 0.288 e. The summed E-state index contributed by atoms with van der Waals surface area (Å²) in [4.78, 5) is 19.3. The molecule has 6 heteroatoms. The van der Waals surface area contributed by atoms with Crippen LogP contribution in [0.5, 0.6) is 0 Å². The molecule has 0 aliphatic carbocycles. The van der Waals surface area contributed by atoms with Crippen molar-refractivity contribution in [2.45, 2.75) is 13.5 Å². The summed E-state index contributed by atoms with van der Waals surface area (Å²) in [6, 6.07) is 1.90. The summed E-state index contributed by atoms with van der Waals surface area (Å²) in [7, 11) is 0. The van der Waals surface area contributed by atoms with Crippen molar-refractivity contribution < 1.29 is 4.79 Å². The van der Waals surface area contributed by atoms with E-state index >= 15 is 0 Å². The summed E-state index contributed by atoms with van der Waals surface area (Å²) < 4.78 is 0. The molecule has 0 saturated heterocycles. The highest BCUT2D eigenvalue weighted by Crippen LogP contribution is 2.04. The molecule has 82 valence electrons. The molecule has 1 amide bonds. The summed E-state index contributed by atoms with van der Waals surface area (Å²) in [5.41, 5.74) is 2.07. The first-order valence-corrected chi connectivity index (χ1v) is 4.80. The lowest BCUT2D eigenvalue weighted by Crippen LogP contribution is -2.24. The number of aromatic nitrogens is 4. The summed E-state index contributed by atoms with van der Waals surface area (Å²) in [6.45, 7) is 2.40. The Kier molecular flexibility index (Phi) is 2.90. The van der Waals surface area contributed by atoms with E-state index in [2.05, 4.69) is 25.5 Å². The van der Waals surface area contributed by atoms with Crippen LogP contribution >= 0.6 is 0 Å². The number of carbonyl (C=O) groups excluding carboxylic acids is 1. The van der Waals surface area contributed by atoms with Crippen LogP contribution in [0.3, 0.4) is 0 Å². The van der Waals surface area contributed by atoms with Crippen molar-refractivity contribution in [3.8, 4) is 0 Å². The van der Waals surface area contributed by atoms with Gasteiger partial charge in [-0.3, -0.25) is 14.9 Å². The zero-order valence-electron chi connectivity index (χ0n) is 8.77. The van der Waals surface area contributed by atoms with Crippen molar-refractivity contribution in [3.63, 3.8) is 0 Å². The van der Waals surface area contributed by atoms with Crippen molar-refractivity contribution in [2.24, 2.45) is 0 Å². The Morgan fingerprint density at radius 3 is 3.12 bits per heavy atom. The highest BCUT2D eigenvalue weighted by molar-refractivity contribution is 5.90. The number of amides is 1. The van der Waals surface area contributed by atoms with Gasteiger partial charge in [0.05, 0.1) is 0 Å². The molecule has 2 aromatic heterocycles. The molecule has 0 saturated carbocycles. The average molecular weight is 217 g/mol. The maximum absolute atomic E-state index is 11.5. The van der Waals surface area contributed by atoms with E-state index in [0.717, 1.165) is 11.1 Å². The van der Waals surface area contributed by atoms with E-state index in [1.54, 1.807) is 12.4 Å². The molecule has 16 heavy (non-hydrogen) atoms. The van der Waals surface area contributed by atoms with Gasteiger partial charge in [0.25, 0.3) is 5.91 Å². The highest BCUT2D eigenvalue weighted by Gasteiger charge is 2.08. The molecule has 0 aromatic carbocycles. The van der Waals surface area contributed by atoms with Crippen LogP contribution in [0.4, 0.5) is 0 Å². The maximum Gasteiger partial charge on any atom is 0.288 e. The number of carbonyl (C=O) groups is 1. The van der Waals surface area contributed by atoms with Crippen LogP contribution in [0.25, 0.3) is 0 Å². The predicted molar refractivity (Wildman–Crippen MR) is 56.5 cm³/mol. The number of hydrogen-bond donors (Lipinski definition) is 2. The number of aromatic amines is 1. The van der Waals surface area contributed by atoms with Crippen LogP contribution in [0.15, 0.2) is 24.8 Å². The fourth-order valence-corrected chi connectivity index (χ4v) is 1.26. The SMILES string of the molecule is Cc1ccncc1CNC(=O)c1ncn[nH]1. The zero-order valence-corrected chi connectivity index (χ0v) is 8.77. The normalized spacial score (nSPS) is 10.1. The van der Waals surface area contributed by atoms with E-state index in [1.807, 2.05) is 13.0 Å². The van der Waals surface area contributed by atoms with E-state index in [4.69, 9.17) is 0 Å². The maximum atomic E-state index is 11.5. The third-order valence-corrected chi connectivity index (χ3v) is 2.22. The molecule has 0 radical (unpaired) electrons. The molecule has 0 atom stereocenters. The van der Waals surface area contributed by atoms with Crippen LogP contribution in [0.1, 0.15) is 21.7 Å². The topological polar surface area (TPSA) is 83.6 Å². The standard InChI is InChI=1S/C10H11N5O/c1-7-2-3-11-4-8(7)5-12-10(16)9-13-6-14-15-9/h2-4,6H,5H2,1H3,(H,12,16)(H,13,14,15). The number of aryl methyl sites for hydroxylation is 1. The second kappa shape index (κ2) is 4.52. The Morgan fingerprint density at radius 2 is 2.44 bits per heavy atom. The molecule has 0 unspecified atom stereocenters.